The van der Waals surface area contributed by atoms with E-state index in [0.29, 0.717) is 32.0 Å². The Balaban J connectivity index is 1.64. The summed E-state index contributed by atoms with van der Waals surface area (Å²) >= 11 is 0. The summed E-state index contributed by atoms with van der Waals surface area (Å²) in [5.41, 5.74) is 0. The number of alkyl halides is 2. The molecule has 0 spiro atoms. The third-order valence-corrected chi connectivity index (χ3v) is 2.74. The van der Waals surface area contributed by atoms with Crippen molar-refractivity contribution in [3.05, 3.63) is 12.4 Å². The van der Waals surface area contributed by atoms with Crippen LogP contribution in [-0.2, 0) is 0 Å². The molecule has 0 radical (unpaired) electrons. The van der Waals surface area contributed by atoms with Crippen molar-refractivity contribution < 1.29 is 13.5 Å². The Morgan fingerprint density at radius 3 is 2.81 bits per heavy atom. The van der Waals surface area contributed by atoms with Crippen LogP contribution in [0, 0.1) is 0 Å². The van der Waals surface area contributed by atoms with E-state index in [1.165, 1.54) is 0 Å². The van der Waals surface area contributed by atoms with Gasteiger partial charge in [0, 0.05) is 32.5 Å². The van der Waals surface area contributed by atoms with Crippen molar-refractivity contribution in [2.75, 3.05) is 26.2 Å². The zero-order valence-corrected chi connectivity index (χ0v) is 8.96. The van der Waals surface area contributed by atoms with Crippen LogP contribution < -0.4 is 4.74 Å². The fourth-order valence-corrected chi connectivity index (χ4v) is 1.71. The number of aromatic nitrogens is 2. The first kappa shape index (κ1) is 11.3. The zero-order chi connectivity index (χ0) is 11.4. The fraction of sp³-hybridized carbons (Fsp3) is 0.700. The van der Waals surface area contributed by atoms with Crippen molar-refractivity contribution >= 4 is 0 Å². The Labute approximate surface area is 92.6 Å². The van der Waals surface area contributed by atoms with Crippen LogP contribution in [0.3, 0.4) is 0 Å². The van der Waals surface area contributed by atoms with Gasteiger partial charge in [0.05, 0.1) is 12.4 Å². The van der Waals surface area contributed by atoms with E-state index >= 15 is 0 Å². The molecular formula is C10H15F2N3O. The van der Waals surface area contributed by atoms with E-state index in [9.17, 15) is 8.78 Å². The first-order valence-electron chi connectivity index (χ1n) is 5.37. The Kier molecular flexibility index (Phi) is 3.38. The Morgan fingerprint density at radius 2 is 2.19 bits per heavy atom. The van der Waals surface area contributed by atoms with E-state index in [4.69, 9.17) is 4.74 Å². The predicted molar refractivity (Wildman–Crippen MR) is 54.7 cm³/mol. The maximum absolute atomic E-state index is 12.9. The van der Waals surface area contributed by atoms with Gasteiger partial charge in [-0.2, -0.15) is 5.10 Å². The van der Waals surface area contributed by atoms with Crippen molar-refractivity contribution in [1.29, 1.82) is 0 Å². The third-order valence-electron chi connectivity index (χ3n) is 2.74. The van der Waals surface area contributed by atoms with E-state index in [2.05, 4.69) is 10.2 Å². The van der Waals surface area contributed by atoms with Crippen molar-refractivity contribution in [2.45, 2.75) is 18.8 Å². The fourth-order valence-electron chi connectivity index (χ4n) is 1.71. The Hall–Kier alpha value is -1.17. The summed E-state index contributed by atoms with van der Waals surface area (Å²) in [7, 11) is 0. The number of piperidine rings is 1. The Bertz CT molecular complexity index is 306. The SMILES string of the molecule is FC1(F)CCN(CCOc2cn[nH]c2)CC1. The molecule has 1 aromatic heterocycles. The summed E-state index contributed by atoms with van der Waals surface area (Å²) in [4.78, 5) is 2.00. The first-order chi connectivity index (χ1) is 7.66. The zero-order valence-electron chi connectivity index (χ0n) is 8.96. The number of H-pyrrole nitrogens is 1. The topological polar surface area (TPSA) is 41.1 Å². The van der Waals surface area contributed by atoms with Crippen molar-refractivity contribution in [2.24, 2.45) is 0 Å². The maximum atomic E-state index is 12.9. The van der Waals surface area contributed by atoms with E-state index in [-0.39, 0.29) is 12.8 Å². The number of nitrogens with zero attached hydrogens (tertiary/aromatic N) is 2. The Morgan fingerprint density at radius 1 is 1.44 bits per heavy atom. The number of nitrogens with one attached hydrogen (secondary N) is 1. The van der Waals surface area contributed by atoms with E-state index in [1.807, 2.05) is 4.90 Å². The number of hydrogen-bond donors (Lipinski definition) is 1. The van der Waals surface area contributed by atoms with Gasteiger partial charge in [-0.1, -0.05) is 0 Å². The summed E-state index contributed by atoms with van der Waals surface area (Å²) in [5, 5.41) is 6.39. The van der Waals surface area contributed by atoms with Crippen LogP contribution in [0.5, 0.6) is 5.75 Å². The lowest BCUT2D eigenvalue weighted by atomic mass is 10.1. The molecule has 2 rings (SSSR count). The molecule has 90 valence electrons. The molecule has 0 aromatic carbocycles. The van der Waals surface area contributed by atoms with Crippen LogP contribution in [0.4, 0.5) is 8.78 Å². The largest absolute Gasteiger partial charge is 0.489 e. The lowest BCUT2D eigenvalue weighted by molar-refractivity contribution is -0.0564. The number of hydrogen-bond acceptors (Lipinski definition) is 3. The van der Waals surface area contributed by atoms with Crippen molar-refractivity contribution in [1.82, 2.24) is 15.1 Å². The van der Waals surface area contributed by atoms with Gasteiger partial charge >= 0.3 is 0 Å². The highest BCUT2D eigenvalue weighted by molar-refractivity contribution is 5.09. The van der Waals surface area contributed by atoms with Gasteiger partial charge in [-0.3, -0.25) is 10.00 Å². The highest BCUT2D eigenvalue weighted by Gasteiger charge is 2.33. The van der Waals surface area contributed by atoms with Gasteiger partial charge in [0.25, 0.3) is 5.92 Å². The average molecular weight is 231 g/mol. The molecule has 1 aliphatic heterocycles. The molecule has 16 heavy (non-hydrogen) atoms. The molecule has 6 heteroatoms. The smallest absolute Gasteiger partial charge is 0.250 e. The normalized spacial score (nSPS) is 20.9. The monoisotopic (exact) mass is 231 g/mol. The van der Waals surface area contributed by atoms with Crippen LogP contribution in [0.2, 0.25) is 0 Å². The highest BCUT2D eigenvalue weighted by atomic mass is 19.3. The van der Waals surface area contributed by atoms with Gasteiger partial charge in [-0.15, -0.1) is 0 Å². The number of rotatable bonds is 4. The van der Waals surface area contributed by atoms with Crippen LogP contribution in [-0.4, -0.2) is 47.3 Å². The lowest BCUT2D eigenvalue weighted by Gasteiger charge is -2.31. The standard InChI is InChI=1S/C10H15F2N3O/c11-10(12)1-3-15(4-2-10)5-6-16-9-7-13-14-8-9/h7-8H,1-6H2,(H,13,14). The second-order valence-corrected chi connectivity index (χ2v) is 3.98. The molecule has 0 amide bonds. The summed E-state index contributed by atoms with van der Waals surface area (Å²) in [6, 6.07) is 0. The van der Waals surface area contributed by atoms with Gasteiger partial charge in [-0.25, -0.2) is 8.78 Å². The van der Waals surface area contributed by atoms with Gasteiger partial charge in [0.15, 0.2) is 5.75 Å². The van der Waals surface area contributed by atoms with Gasteiger partial charge in [-0.05, 0) is 0 Å². The predicted octanol–water partition coefficient (Wildman–Crippen LogP) is 1.52. The molecule has 1 aliphatic rings. The molecule has 4 nitrogen and oxygen atoms in total. The summed E-state index contributed by atoms with van der Waals surface area (Å²) in [6.45, 7) is 2.08. The molecule has 1 N–H and O–H groups in total. The quantitative estimate of drug-likeness (QED) is 0.854. The average Bonchev–Trinajstić information content (AvgIpc) is 2.73. The third kappa shape index (κ3) is 3.16. The van der Waals surface area contributed by atoms with E-state index in [1.54, 1.807) is 12.4 Å². The minimum absolute atomic E-state index is 0.0429. The minimum Gasteiger partial charge on any atom is -0.489 e. The number of halogens is 2. The molecule has 0 atom stereocenters. The van der Waals surface area contributed by atoms with Gasteiger partial charge in [0.2, 0.25) is 0 Å². The second-order valence-electron chi connectivity index (χ2n) is 3.98. The molecule has 1 aromatic rings. The minimum atomic E-state index is -2.47. The lowest BCUT2D eigenvalue weighted by Crippen LogP contribution is -2.41. The number of aromatic amines is 1. The van der Waals surface area contributed by atoms with Crippen LogP contribution in [0.25, 0.3) is 0 Å². The van der Waals surface area contributed by atoms with Gasteiger partial charge in [0.1, 0.15) is 6.61 Å². The number of ether oxygens (including phenoxy) is 1. The summed E-state index contributed by atoms with van der Waals surface area (Å²) in [6.07, 6.45) is 3.16. The molecule has 0 aliphatic carbocycles. The molecule has 0 saturated carbocycles. The maximum Gasteiger partial charge on any atom is 0.250 e. The van der Waals surface area contributed by atoms with E-state index in [0.717, 1.165) is 0 Å². The van der Waals surface area contributed by atoms with Crippen LogP contribution in [0.1, 0.15) is 12.8 Å². The molecule has 0 unspecified atom stereocenters. The molecule has 1 saturated heterocycles. The first-order valence-corrected chi connectivity index (χ1v) is 5.37. The number of likely N-dealkylation sites (tertiary alicyclic amines) is 1. The van der Waals surface area contributed by atoms with Crippen LogP contribution >= 0.6 is 0 Å². The summed E-state index contributed by atoms with van der Waals surface area (Å²) in [5.74, 6) is -1.79. The van der Waals surface area contributed by atoms with E-state index < -0.39 is 5.92 Å². The van der Waals surface area contributed by atoms with Crippen LogP contribution in [0.15, 0.2) is 12.4 Å². The van der Waals surface area contributed by atoms with Gasteiger partial charge < -0.3 is 4.74 Å². The van der Waals surface area contributed by atoms with Crippen molar-refractivity contribution in [3.63, 3.8) is 0 Å². The molecule has 1 fully saturated rings. The molecule has 2 heterocycles. The molecule has 0 bridgehead atoms. The summed E-state index contributed by atoms with van der Waals surface area (Å²) < 4.78 is 31.1. The second kappa shape index (κ2) is 4.78. The van der Waals surface area contributed by atoms with Crippen molar-refractivity contribution in [3.8, 4) is 5.75 Å². The highest BCUT2D eigenvalue weighted by Crippen LogP contribution is 2.27. The molecular weight excluding hydrogens is 216 g/mol.